The molecule has 0 amide bonds. The lowest BCUT2D eigenvalue weighted by Gasteiger charge is -2.10. The highest BCUT2D eigenvalue weighted by Crippen LogP contribution is 2.23. The van der Waals surface area contributed by atoms with Crippen molar-refractivity contribution in [2.24, 2.45) is 0 Å². The number of hydrogen-bond donors (Lipinski definition) is 0. The lowest BCUT2D eigenvalue weighted by molar-refractivity contribution is -0.143. The molecule has 17 heavy (non-hydrogen) atoms. The van der Waals surface area contributed by atoms with Crippen molar-refractivity contribution >= 4 is 5.97 Å². The van der Waals surface area contributed by atoms with Gasteiger partial charge in [0.15, 0.2) is 5.92 Å². The third-order valence-electron chi connectivity index (χ3n) is 2.11. The van der Waals surface area contributed by atoms with Crippen molar-refractivity contribution in [1.29, 1.82) is 5.26 Å². The van der Waals surface area contributed by atoms with Gasteiger partial charge in [0.1, 0.15) is 11.6 Å². The van der Waals surface area contributed by atoms with Gasteiger partial charge in [-0.15, -0.1) is 0 Å². The standard InChI is InChI=1S/C12H12FNO3/c1-3-17-12(15)11(7-14)8-4-9(13)6-10(5-8)16-2/h4-6,11H,3H2,1-2H3. The summed E-state index contributed by atoms with van der Waals surface area (Å²) in [6.07, 6.45) is 0. The molecule has 1 rings (SSSR count). The van der Waals surface area contributed by atoms with E-state index in [1.54, 1.807) is 13.0 Å². The summed E-state index contributed by atoms with van der Waals surface area (Å²) in [5.41, 5.74) is 0.225. The predicted molar refractivity (Wildman–Crippen MR) is 57.9 cm³/mol. The Balaban J connectivity index is 3.08. The second-order valence-corrected chi connectivity index (χ2v) is 3.24. The van der Waals surface area contributed by atoms with Gasteiger partial charge in [0.05, 0.1) is 19.8 Å². The second kappa shape index (κ2) is 5.85. The first-order valence-electron chi connectivity index (χ1n) is 5.03. The Labute approximate surface area is 98.6 Å². The van der Waals surface area contributed by atoms with Gasteiger partial charge >= 0.3 is 5.97 Å². The normalized spacial score (nSPS) is 11.4. The van der Waals surface area contributed by atoms with Gasteiger partial charge in [-0.3, -0.25) is 4.79 Å². The highest BCUT2D eigenvalue weighted by Gasteiger charge is 2.22. The molecule has 0 fully saturated rings. The first kappa shape index (κ1) is 13.0. The Hall–Kier alpha value is -2.09. The van der Waals surface area contributed by atoms with Gasteiger partial charge < -0.3 is 9.47 Å². The van der Waals surface area contributed by atoms with Crippen molar-refractivity contribution in [2.45, 2.75) is 12.8 Å². The summed E-state index contributed by atoms with van der Waals surface area (Å²) in [7, 11) is 1.38. The number of benzene rings is 1. The van der Waals surface area contributed by atoms with Gasteiger partial charge in [-0.25, -0.2) is 4.39 Å². The molecule has 1 aromatic rings. The van der Waals surface area contributed by atoms with Gasteiger partial charge in [0.25, 0.3) is 0 Å². The second-order valence-electron chi connectivity index (χ2n) is 3.24. The quantitative estimate of drug-likeness (QED) is 0.751. The van der Waals surface area contributed by atoms with Crippen LogP contribution in [0.15, 0.2) is 18.2 Å². The van der Waals surface area contributed by atoms with Crippen molar-refractivity contribution < 1.29 is 18.7 Å². The summed E-state index contributed by atoms with van der Waals surface area (Å²) in [5.74, 6) is -2.14. The number of carbonyl (C=O) groups excluding carboxylic acids is 1. The van der Waals surface area contributed by atoms with E-state index in [1.165, 1.54) is 19.2 Å². The Morgan fingerprint density at radius 2 is 2.24 bits per heavy atom. The maximum atomic E-state index is 13.2. The van der Waals surface area contributed by atoms with Crippen LogP contribution in [0.4, 0.5) is 4.39 Å². The summed E-state index contributed by atoms with van der Waals surface area (Å²) in [6.45, 7) is 1.81. The topological polar surface area (TPSA) is 59.3 Å². The van der Waals surface area contributed by atoms with Crippen LogP contribution in [0.5, 0.6) is 5.75 Å². The van der Waals surface area contributed by atoms with Crippen molar-refractivity contribution in [2.75, 3.05) is 13.7 Å². The molecule has 4 nitrogen and oxygen atoms in total. The molecular weight excluding hydrogens is 225 g/mol. The van der Waals surface area contributed by atoms with E-state index < -0.39 is 17.7 Å². The lowest BCUT2D eigenvalue weighted by Crippen LogP contribution is -2.14. The minimum absolute atomic E-state index is 0.170. The average molecular weight is 237 g/mol. The molecule has 0 saturated carbocycles. The zero-order chi connectivity index (χ0) is 12.8. The van der Waals surface area contributed by atoms with E-state index >= 15 is 0 Å². The first-order chi connectivity index (χ1) is 8.12. The molecule has 1 unspecified atom stereocenters. The zero-order valence-electron chi connectivity index (χ0n) is 9.57. The molecule has 0 aliphatic rings. The molecular formula is C12H12FNO3. The summed E-state index contributed by atoms with van der Waals surface area (Å²) in [5, 5.41) is 8.92. The number of methoxy groups -OCH3 is 1. The molecule has 0 spiro atoms. The Kier molecular flexibility index (Phi) is 4.46. The molecule has 5 heteroatoms. The van der Waals surface area contributed by atoms with E-state index in [4.69, 9.17) is 14.7 Å². The van der Waals surface area contributed by atoms with Gasteiger partial charge in [-0.2, -0.15) is 5.26 Å². The number of nitriles is 1. The van der Waals surface area contributed by atoms with Gasteiger partial charge in [0.2, 0.25) is 0 Å². The van der Waals surface area contributed by atoms with Crippen LogP contribution in [0.1, 0.15) is 18.4 Å². The van der Waals surface area contributed by atoms with E-state index in [-0.39, 0.29) is 17.9 Å². The van der Waals surface area contributed by atoms with Crippen molar-refractivity contribution in [1.82, 2.24) is 0 Å². The fraction of sp³-hybridized carbons (Fsp3) is 0.333. The van der Waals surface area contributed by atoms with Crippen LogP contribution in [0.25, 0.3) is 0 Å². The fourth-order valence-electron chi connectivity index (χ4n) is 1.36. The fourth-order valence-corrected chi connectivity index (χ4v) is 1.36. The van der Waals surface area contributed by atoms with E-state index in [9.17, 15) is 9.18 Å². The highest BCUT2D eigenvalue weighted by atomic mass is 19.1. The summed E-state index contributed by atoms with van der Waals surface area (Å²) >= 11 is 0. The molecule has 0 aliphatic carbocycles. The van der Waals surface area contributed by atoms with Gasteiger partial charge in [0, 0.05) is 6.07 Å². The Bertz CT molecular complexity index is 454. The number of carbonyl (C=O) groups is 1. The summed E-state index contributed by atoms with van der Waals surface area (Å²) < 4.78 is 22.8. The Morgan fingerprint density at radius 1 is 1.53 bits per heavy atom. The number of hydrogen-bond acceptors (Lipinski definition) is 4. The van der Waals surface area contributed by atoms with Crippen LogP contribution in [0.3, 0.4) is 0 Å². The van der Waals surface area contributed by atoms with Crippen LogP contribution in [-0.4, -0.2) is 19.7 Å². The third kappa shape index (κ3) is 3.18. The molecule has 1 atom stereocenters. The predicted octanol–water partition coefficient (Wildman–Crippen LogP) is 2.00. The average Bonchev–Trinajstić information content (AvgIpc) is 2.29. The van der Waals surface area contributed by atoms with Crippen molar-refractivity contribution in [3.8, 4) is 11.8 Å². The van der Waals surface area contributed by atoms with Crippen LogP contribution < -0.4 is 4.74 Å². The lowest BCUT2D eigenvalue weighted by atomic mass is 10.0. The molecule has 0 heterocycles. The molecule has 90 valence electrons. The van der Waals surface area contributed by atoms with Crippen molar-refractivity contribution in [3.63, 3.8) is 0 Å². The minimum atomic E-state index is -1.14. The van der Waals surface area contributed by atoms with Gasteiger partial charge in [-0.05, 0) is 24.6 Å². The van der Waals surface area contributed by atoms with Gasteiger partial charge in [-0.1, -0.05) is 0 Å². The number of halogens is 1. The molecule has 0 aromatic heterocycles. The maximum absolute atomic E-state index is 13.2. The number of nitrogens with zero attached hydrogens (tertiary/aromatic N) is 1. The molecule has 1 aromatic carbocycles. The molecule has 0 radical (unpaired) electrons. The number of esters is 1. The van der Waals surface area contributed by atoms with Crippen LogP contribution in [0.2, 0.25) is 0 Å². The monoisotopic (exact) mass is 237 g/mol. The minimum Gasteiger partial charge on any atom is -0.497 e. The molecule has 0 aliphatic heterocycles. The smallest absolute Gasteiger partial charge is 0.327 e. The SMILES string of the molecule is CCOC(=O)C(C#N)c1cc(F)cc(OC)c1. The number of ether oxygens (including phenoxy) is 2. The van der Waals surface area contributed by atoms with E-state index in [0.29, 0.717) is 0 Å². The van der Waals surface area contributed by atoms with E-state index in [1.807, 2.05) is 0 Å². The largest absolute Gasteiger partial charge is 0.497 e. The van der Waals surface area contributed by atoms with E-state index in [2.05, 4.69) is 0 Å². The zero-order valence-corrected chi connectivity index (χ0v) is 9.57. The molecule has 0 N–H and O–H groups in total. The van der Waals surface area contributed by atoms with Crippen LogP contribution in [-0.2, 0) is 9.53 Å². The third-order valence-corrected chi connectivity index (χ3v) is 2.11. The van der Waals surface area contributed by atoms with Crippen LogP contribution >= 0.6 is 0 Å². The van der Waals surface area contributed by atoms with Crippen molar-refractivity contribution in [3.05, 3.63) is 29.6 Å². The summed E-state index contributed by atoms with van der Waals surface area (Å²) in [4.78, 5) is 11.5. The molecule has 0 saturated heterocycles. The first-order valence-corrected chi connectivity index (χ1v) is 5.03. The highest BCUT2D eigenvalue weighted by molar-refractivity contribution is 5.81. The Morgan fingerprint density at radius 3 is 2.76 bits per heavy atom. The van der Waals surface area contributed by atoms with E-state index in [0.717, 1.165) is 6.07 Å². The number of rotatable bonds is 4. The molecule has 0 bridgehead atoms. The van der Waals surface area contributed by atoms with Crippen LogP contribution in [0, 0.1) is 17.1 Å². The maximum Gasteiger partial charge on any atom is 0.327 e. The summed E-state index contributed by atoms with van der Waals surface area (Å²) in [6, 6.07) is 5.51.